The van der Waals surface area contributed by atoms with Crippen LogP contribution >= 0.6 is 0 Å². The Hall–Kier alpha value is -1.32. The summed E-state index contributed by atoms with van der Waals surface area (Å²) in [7, 11) is 0. The van der Waals surface area contributed by atoms with Crippen LogP contribution in [0.5, 0.6) is 5.75 Å². The van der Waals surface area contributed by atoms with Crippen LogP contribution in [0.25, 0.3) is 0 Å². The van der Waals surface area contributed by atoms with Crippen molar-refractivity contribution in [1.29, 1.82) is 0 Å². The monoisotopic (exact) mass is 185 g/mol. The fourth-order valence-corrected chi connectivity index (χ4v) is 1.57. The minimum Gasteiger partial charge on any atom is -0.508 e. The second-order valence-corrected chi connectivity index (χ2v) is 3.09. The molecule has 0 saturated carbocycles. The number of fused-ring (bicyclic) bond motifs is 1. The highest BCUT2D eigenvalue weighted by atomic mass is 19.3. The zero-order chi connectivity index (χ0) is 9.42. The molecule has 70 valence electrons. The smallest absolute Gasteiger partial charge is 0.247 e. The van der Waals surface area contributed by atoms with Gasteiger partial charge in [-0.15, -0.1) is 0 Å². The van der Waals surface area contributed by atoms with Crippen molar-refractivity contribution >= 4 is 5.69 Å². The first-order valence-corrected chi connectivity index (χ1v) is 4.03. The van der Waals surface area contributed by atoms with E-state index >= 15 is 0 Å². The van der Waals surface area contributed by atoms with Gasteiger partial charge in [-0.25, -0.2) is 8.78 Å². The highest BCUT2D eigenvalue weighted by Crippen LogP contribution is 2.37. The van der Waals surface area contributed by atoms with Crippen LogP contribution in [-0.2, 0) is 0 Å². The van der Waals surface area contributed by atoms with E-state index in [9.17, 15) is 8.78 Å². The molecule has 2 nitrogen and oxygen atoms in total. The number of aromatic hydroxyl groups is 1. The summed E-state index contributed by atoms with van der Waals surface area (Å²) in [6.45, 7) is 0.246. The zero-order valence-corrected chi connectivity index (χ0v) is 6.80. The molecule has 0 fully saturated rings. The van der Waals surface area contributed by atoms with E-state index in [0.717, 1.165) is 0 Å². The molecule has 1 aliphatic rings. The first kappa shape index (κ1) is 8.29. The van der Waals surface area contributed by atoms with Crippen molar-refractivity contribution in [2.75, 3.05) is 11.9 Å². The van der Waals surface area contributed by atoms with Gasteiger partial charge in [-0.2, -0.15) is 0 Å². The maximum absolute atomic E-state index is 12.4. The van der Waals surface area contributed by atoms with Crippen LogP contribution in [0.15, 0.2) is 18.2 Å². The van der Waals surface area contributed by atoms with Crippen molar-refractivity contribution in [3.63, 3.8) is 0 Å². The van der Waals surface area contributed by atoms with E-state index in [0.29, 0.717) is 11.3 Å². The van der Waals surface area contributed by atoms with Crippen LogP contribution in [-0.4, -0.2) is 18.1 Å². The van der Waals surface area contributed by atoms with Crippen LogP contribution in [0.1, 0.15) is 11.5 Å². The molecule has 1 aliphatic heterocycles. The lowest BCUT2D eigenvalue weighted by Crippen LogP contribution is -2.10. The van der Waals surface area contributed by atoms with Gasteiger partial charge in [0.1, 0.15) is 5.75 Å². The van der Waals surface area contributed by atoms with E-state index in [4.69, 9.17) is 5.11 Å². The Balaban J connectivity index is 2.40. The Morgan fingerprint density at radius 3 is 2.92 bits per heavy atom. The molecule has 2 N–H and O–H groups in total. The largest absolute Gasteiger partial charge is 0.508 e. The van der Waals surface area contributed by atoms with Crippen molar-refractivity contribution in [3.8, 4) is 5.75 Å². The van der Waals surface area contributed by atoms with Gasteiger partial charge in [-0.05, 0) is 23.8 Å². The summed E-state index contributed by atoms with van der Waals surface area (Å²) in [5, 5.41) is 12.0. The summed E-state index contributed by atoms with van der Waals surface area (Å²) in [4.78, 5) is 0. The highest BCUT2D eigenvalue weighted by molar-refractivity contribution is 5.60. The highest BCUT2D eigenvalue weighted by Gasteiger charge is 2.29. The molecule has 0 radical (unpaired) electrons. The first-order valence-electron chi connectivity index (χ1n) is 4.03. The fraction of sp³-hybridized carbons (Fsp3) is 0.333. The minimum absolute atomic E-state index is 0.0353. The van der Waals surface area contributed by atoms with Gasteiger partial charge < -0.3 is 10.4 Å². The Morgan fingerprint density at radius 1 is 1.46 bits per heavy atom. The Kier molecular flexibility index (Phi) is 1.83. The molecular formula is C9H9F2NO. The van der Waals surface area contributed by atoms with Crippen LogP contribution in [0.3, 0.4) is 0 Å². The lowest BCUT2D eigenvalue weighted by atomic mass is 10.0. The van der Waals surface area contributed by atoms with Gasteiger partial charge in [0, 0.05) is 12.2 Å². The third kappa shape index (κ3) is 1.32. The van der Waals surface area contributed by atoms with E-state index in [2.05, 4.69) is 5.32 Å². The number of anilines is 1. The quantitative estimate of drug-likeness (QED) is 0.657. The molecule has 4 heteroatoms. The van der Waals surface area contributed by atoms with Crippen LogP contribution in [0.4, 0.5) is 14.5 Å². The number of phenols is 1. The number of benzene rings is 1. The summed E-state index contributed by atoms with van der Waals surface area (Å²) in [5.74, 6) is -0.754. The number of nitrogens with one attached hydrogen (secondary N) is 1. The summed E-state index contributed by atoms with van der Waals surface area (Å²) in [6, 6.07) is 4.50. The molecule has 0 saturated heterocycles. The van der Waals surface area contributed by atoms with Crippen LogP contribution in [0.2, 0.25) is 0 Å². The summed E-state index contributed by atoms with van der Waals surface area (Å²) >= 11 is 0. The molecule has 0 amide bonds. The number of hydrogen-bond acceptors (Lipinski definition) is 2. The van der Waals surface area contributed by atoms with Gasteiger partial charge in [0.25, 0.3) is 0 Å². The second-order valence-electron chi connectivity index (χ2n) is 3.09. The fourth-order valence-electron chi connectivity index (χ4n) is 1.57. The van der Waals surface area contributed by atoms with Gasteiger partial charge in [-0.1, -0.05) is 0 Å². The van der Waals surface area contributed by atoms with Gasteiger partial charge >= 0.3 is 0 Å². The first-order chi connectivity index (χ1) is 6.18. The predicted molar refractivity (Wildman–Crippen MR) is 45.3 cm³/mol. The molecular weight excluding hydrogens is 176 g/mol. The van der Waals surface area contributed by atoms with E-state index in [-0.39, 0.29) is 12.3 Å². The number of halogens is 2. The second kappa shape index (κ2) is 2.87. The van der Waals surface area contributed by atoms with Crippen molar-refractivity contribution in [2.24, 2.45) is 0 Å². The number of alkyl halides is 2. The van der Waals surface area contributed by atoms with Gasteiger partial charge in [0.2, 0.25) is 6.43 Å². The standard InChI is InChI=1S/C9H9F2NO/c10-9(11)7-4-12-8-2-1-5(13)3-6(7)8/h1-3,7,9,12-13H,4H2. The maximum Gasteiger partial charge on any atom is 0.247 e. The molecule has 0 spiro atoms. The third-order valence-electron chi connectivity index (χ3n) is 2.25. The SMILES string of the molecule is Oc1ccc2c(c1)C(C(F)F)CN2. The molecule has 13 heavy (non-hydrogen) atoms. The molecule has 2 rings (SSSR count). The molecule has 1 aromatic carbocycles. The van der Waals surface area contributed by atoms with Crippen LogP contribution in [0, 0.1) is 0 Å². The van der Waals surface area contributed by atoms with E-state index < -0.39 is 12.3 Å². The number of rotatable bonds is 1. The van der Waals surface area contributed by atoms with E-state index in [1.807, 2.05) is 0 Å². The molecule has 0 aromatic heterocycles. The van der Waals surface area contributed by atoms with Gasteiger partial charge in [-0.3, -0.25) is 0 Å². The summed E-state index contributed by atoms with van der Waals surface area (Å²) < 4.78 is 24.9. The van der Waals surface area contributed by atoms with Crippen molar-refractivity contribution in [1.82, 2.24) is 0 Å². The topological polar surface area (TPSA) is 32.3 Å². The van der Waals surface area contributed by atoms with Gasteiger partial charge in [0.15, 0.2) is 0 Å². The Morgan fingerprint density at radius 2 is 2.23 bits per heavy atom. The normalized spacial score (nSPS) is 20.1. The van der Waals surface area contributed by atoms with Crippen molar-refractivity contribution in [3.05, 3.63) is 23.8 Å². The Bertz CT molecular complexity index is 327. The minimum atomic E-state index is -2.38. The Labute approximate surface area is 74.2 Å². The predicted octanol–water partition coefficient (Wildman–Crippen LogP) is 2.17. The molecule has 1 aromatic rings. The average molecular weight is 185 g/mol. The molecule has 0 aliphatic carbocycles. The lowest BCUT2D eigenvalue weighted by Gasteiger charge is -2.07. The maximum atomic E-state index is 12.4. The number of hydrogen-bond donors (Lipinski definition) is 2. The van der Waals surface area contributed by atoms with Crippen molar-refractivity contribution in [2.45, 2.75) is 12.3 Å². The summed E-state index contributed by atoms with van der Waals surface area (Å²) in [5.41, 5.74) is 1.21. The third-order valence-corrected chi connectivity index (χ3v) is 2.25. The van der Waals surface area contributed by atoms with E-state index in [1.54, 1.807) is 6.07 Å². The van der Waals surface area contributed by atoms with E-state index in [1.165, 1.54) is 12.1 Å². The van der Waals surface area contributed by atoms with Crippen LogP contribution < -0.4 is 5.32 Å². The molecule has 1 heterocycles. The molecule has 1 unspecified atom stereocenters. The average Bonchev–Trinajstić information content (AvgIpc) is 2.46. The molecule has 1 atom stereocenters. The van der Waals surface area contributed by atoms with Gasteiger partial charge in [0.05, 0.1) is 5.92 Å². The lowest BCUT2D eigenvalue weighted by molar-refractivity contribution is 0.121. The van der Waals surface area contributed by atoms with Crippen molar-refractivity contribution < 1.29 is 13.9 Å². The zero-order valence-electron chi connectivity index (χ0n) is 6.80. The number of phenolic OH excluding ortho intramolecular Hbond substituents is 1. The molecule has 0 bridgehead atoms. The summed E-state index contributed by atoms with van der Waals surface area (Å²) in [6.07, 6.45) is -2.38.